The molecule has 1 fully saturated rings. The van der Waals surface area contributed by atoms with Gasteiger partial charge in [-0.15, -0.1) is 5.10 Å². The Morgan fingerprint density at radius 1 is 1.53 bits per heavy atom. The van der Waals surface area contributed by atoms with Crippen LogP contribution in [0.4, 0.5) is 0 Å². The van der Waals surface area contributed by atoms with Gasteiger partial charge in [-0.1, -0.05) is 20.8 Å². The molecule has 0 aromatic carbocycles. The summed E-state index contributed by atoms with van der Waals surface area (Å²) in [5.74, 6) is 0.724. The Labute approximate surface area is 113 Å². The number of aryl methyl sites for hydroxylation is 1. The molecule has 1 aliphatic carbocycles. The van der Waals surface area contributed by atoms with E-state index in [0.29, 0.717) is 6.61 Å². The van der Waals surface area contributed by atoms with Crippen molar-refractivity contribution in [3.05, 3.63) is 11.6 Å². The highest BCUT2D eigenvalue weighted by atomic mass is 16.5. The third-order valence-electron chi connectivity index (χ3n) is 3.92. The molecule has 0 aliphatic heterocycles. The normalized spacial score (nSPS) is 24.8. The highest BCUT2D eigenvalue weighted by molar-refractivity contribution is 5.90. The standard InChI is InChI=1S/C13H22N4O2/c1-5-10-15-11(17-16-10)12(18)14-8-7-9(19-6-2)13(8,3)4/h8-9H,5-7H2,1-4H3,(H,14,18)(H,15,16,17). The second kappa shape index (κ2) is 5.28. The summed E-state index contributed by atoms with van der Waals surface area (Å²) >= 11 is 0. The molecule has 1 amide bonds. The van der Waals surface area contributed by atoms with Gasteiger partial charge in [0.15, 0.2) is 0 Å². The van der Waals surface area contributed by atoms with Crippen LogP contribution in [0.5, 0.6) is 0 Å². The molecule has 19 heavy (non-hydrogen) atoms. The van der Waals surface area contributed by atoms with Crippen molar-refractivity contribution in [1.29, 1.82) is 0 Å². The summed E-state index contributed by atoms with van der Waals surface area (Å²) in [5.41, 5.74) is -0.0461. The van der Waals surface area contributed by atoms with E-state index in [-0.39, 0.29) is 29.3 Å². The lowest BCUT2D eigenvalue weighted by Gasteiger charge is -2.51. The first-order valence-electron chi connectivity index (χ1n) is 6.82. The summed E-state index contributed by atoms with van der Waals surface area (Å²) in [6.45, 7) is 8.87. The molecular weight excluding hydrogens is 244 g/mol. The molecule has 0 bridgehead atoms. The number of hydrogen-bond acceptors (Lipinski definition) is 4. The van der Waals surface area contributed by atoms with Gasteiger partial charge in [0.2, 0.25) is 5.82 Å². The predicted octanol–water partition coefficient (Wildman–Crippen LogP) is 1.30. The maximum Gasteiger partial charge on any atom is 0.291 e. The first kappa shape index (κ1) is 14.0. The maximum atomic E-state index is 12.0. The van der Waals surface area contributed by atoms with Gasteiger partial charge in [-0.25, -0.2) is 4.98 Å². The topological polar surface area (TPSA) is 79.9 Å². The molecule has 2 unspecified atom stereocenters. The molecule has 2 rings (SSSR count). The molecule has 106 valence electrons. The van der Waals surface area contributed by atoms with E-state index in [1.165, 1.54) is 0 Å². The summed E-state index contributed by atoms with van der Waals surface area (Å²) in [7, 11) is 0. The summed E-state index contributed by atoms with van der Waals surface area (Å²) in [6.07, 6.45) is 1.79. The number of carbonyl (C=O) groups excluding carboxylic acids is 1. The Bertz CT molecular complexity index is 455. The Hall–Kier alpha value is -1.43. The largest absolute Gasteiger partial charge is 0.378 e. The first-order valence-corrected chi connectivity index (χ1v) is 6.82. The van der Waals surface area contributed by atoms with Crippen LogP contribution >= 0.6 is 0 Å². The van der Waals surface area contributed by atoms with Gasteiger partial charge in [-0.2, -0.15) is 0 Å². The van der Waals surface area contributed by atoms with E-state index in [9.17, 15) is 4.79 Å². The quantitative estimate of drug-likeness (QED) is 0.842. The Balaban J connectivity index is 1.94. The summed E-state index contributed by atoms with van der Waals surface area (Å²) < 4.78 is 5.64. The van der Waals surface area contributed by atoms with Gasteiger partial charge in [0, 0.05) is 24.5 Å². The maximum absolute atomic E-state index is 12.0. The van der Waals surface area contributed by atoms with Crippen molar-refractivity contribution in [3.63, 3.8) is 0 Å². The molecular formula is C13H22N4O2. The van der Waals surface area contributed by atoms with E-state index in [4.69, 9.17) is 4.74 Å². The molecule has 1 aromatic heterocycles. The lowest BCUT2D eigenvalue weighted by atomic mass is 9.64. The highest BCUT2D eigenvalue weighted by Gasteiger charge is 2.49. The minimum Gasteiger partial charge on any atom is -0.378 e. The number of aromatic amines is 1. The minimum atomic E-state index is -0.219. The number of H-pyrrole nitrogens is 1. The zero-order valence-electron chi connectivity index (χ0n) is 12.0. The van der Waals surface area contributed by atoms with Gasteiger partial charge < -0.3 is 10.1 Å². The Morgan fingerprint density at radius 3 is 2.79 bits per heavy atom. The minimum absolute atomic E-state index is 0.0461. The van der Waals surface area contributed by atoms with E-state index >= 15 is 0 Å². The lowest BCUT2D eigenvalue weighted by molar-refractivity contribution is -0.111. The van der Waals surface area contributed by atoms with Crippen LogP contribution in [0, 0.1) is 5.41 Å². The van der Waals surface area contributed by atoms with Crippen LogP contribution in [0.15, 0.2) is 0 Å². The fraction of sp³-hybridized carbons (Fsp3) is 0.769. The number of hydrogen-bond donors (Lipinski definition) is 2. The van der Waals surface area contributed by atoms with Crippen LogP contribution in [0.3, 0.4) is 0 Å². The van der Waals surface area contributed by atoms with Crippen molar-refractivity contribution in [2.45, 2.75) is 52.7 Å². The van der Waals surface area contributed by atoms with E-state index in [2.05, 4.69) is 34.3 Å². The van der Waals surface area contributed by atoms with Crippen LogP contribution in [-0.2, 0) is 11.2 Å². The molecule has 0 spiro atoms. The summed E-state index contributed by atoms with van der Waals surface area (Å²) in [4.78, 5) is 16.2. The van der Waals surface area contributed by atoms with Crippen LogP contribution in [0.2, 0.25) is 0 Å². The molecule has 1 saturated carbocycles. The SMILES string of the molecule is CCOC1CC(NC(=O)c2n[nH]c(CC)n2)C1(C)C. The van der Waals surface area contributed by atoms with Crippen LogP contribution in [-0.4, -0.2) is 39.8 Å². The predicted molar refractivity (Wildman–Crippen MR) is 70.8 cm³/mol. The van der Waals surface area contributed by atoms with Gasteiger partial charge in [-0.05, 0) is 13.3 Å². The van der Waals surface area contributed by atoms with E-state index < -0.39 is 0 Å². The average molecular weight is 266 g/mol. The third kappa shape index (κ3) is 2.63. The van der Waals surface area contributed by atoms with Crippen LogP contribution in [0.1, 0.15) is 50.6 Å². The third-order valence-corrected chi connectivity index (χ3v) is 3.92. The molecule has 6 heteroatoms. The van der Waals surface area contributed by atoms with E-state index in [1.807, 2.05) is 13.8 Å². The van der Waals surface area contributed by atoms with Gasteiger partial charge >= 0.3 is 0 Å². The molecule has 1 heterocycles. The van der Waals surface area contributed by atoms with Crippen molar-refractivity contribution in [2.75, 3.05) is 6.61 Å². The summed E-state index contributed by atoms with van der Waals surface area (Å²) in [6, 6.07) is 0.111. The fourth-order valence-corrected chi connectivity index (χ4v) is 2.39. The van der Waals surface area contributed by atoms with Gasteiger partial charge in [0.05, 0.1) is 6.10 Å². The van der Waals surface area contributed by atoms with Crippen molar-refractivity contribution in [2.24, 2.45) is 5.41 Å². The zero-order valence-corrected chi connectivity index (χ0v) is 12.0. The molecule has 1 aromatic rings. The second-order valence-electron chi connectivity index (χ2n) is 5.49. The number of rotatable bonds is 5. The molecule has 2 N–H and O–H groups in total. The average Bonchev–Trinajstić information content (AvgIpc) is 2.86. The summed E-state index contributed by atoms with van der Waals surface area (Å²) in [5, 5.41) is 9.66. The molecule has 0 radical (unpaired) electrons. The molecule has 0 saturated heterocycles. The van der Waals surface area contributed by atoms with Crippen LogP contribution < -0.4 is 5.32 Å². The lowest BCUT2D eigenvalue weighted by Crippen LogP contribution is -2.62. The number of ether oxygens (including phenoxy) is 1. The van der Waals surface area contributed by atoms with E-state index in [0.717, 1.165) is 18.7 Å². The number of nitrogens with zero attached hydrogens (tertiary/aromatic N) is 2. The Morgan fingerprint density at radius 2 is 2.26 bits per heavy atom. The monoisotopic (exact) mass is 266 g/mol. The van der Waals surface area contributed by atoms with Crippen molar-refractivity contribution in [1.82, 2.24) is 20.5 Å². The Kier molecular flexibility index (Phi) is 3.89. The fourth-order valence-electron chi connectivity index (χ4n) is 2.39. The molecule has 6 nitrogen and oxygen atoms in total. The zero-order chi connectivity index (χ0) is 14.0. The smallest absolute Gasteiger partial charge is 0.291 e. The van der Waals surface area contributed by atoms with E-state index in [1.54, 1.807) is 0 Å². The number of aromatic nitrogens is 3. The second-order valence-corrected chi connectivity index (χ2v) is 5.49. The number of amides is 1. The van der Waals surface area contributed by atoms with Gasteiger partial charge in [0.1, 0.15) is 5.82 Å². The van der Waals surface area contributed by atoms with Crippen molar-refractivity contribution >= 4 is 5.91 Å². The van der Waals surface area contributed by atoms with Gasteiger partial charge in [-0.3, -0.25) is 9.89 Å². The van der Waals surface area contributed by atoms with Crippen molar-refractivity contribution < 1.29 is 9.53 Å². The van der Waals surface area contributed by atoms with Crippen molar-refractivity contribution in [3.8, 4) is 0 Å². The highest BCUT2D eigenvalue weighted by Crippen LogP contribution is 2.42. The number of carbonyl (C=O) groups is 1. The number of nitrogens with one attached hydrogen (secondary N) is 2. The molecule has 2 atom stereocenters. The first-order chi connectivity index (χ1) is 8.98. The van der Waals surface area contributed by atoms with Crippen LogP contribution in [0.25, 0.3) is 0 Å². The van der Waals surface area contributed by atoms with Gasteiger partial charge in [0.25, 0.3) is 5.91 Å². The molecule has 1 aliphatic rings.